The third-order valence-electron chi connectivity index (χ3n) is 15.0. The predicted octanol–water partition coefficient (Wildman–Crippen LogP) is 15.0. The maximum absolute atomic E-state index is 15.5. The van der Waals surface area contributed by atoms with E-state index in [-0.39, 0.29) is 35.7 Å². The van der Waals surface area contributed by atoms with Crippen molar-refractivity contribution in [2.75, 3.05) is 9.80 Å². The van der Waals surface area contributed by atoms with Gasteiger partial charge in [0.05, 0.1) is 11.1 Å². The van der Waals surface area contributed by atoms with E-state index in [1.165, 1.54) is 9.80 Å². The van der Waals surface area contributed by atoms with Gasteiger partial charge in [0.2, 0.25) is 0 Å². The summed E-state index contributed by atoms with van der Waals surface area (Å²) in [4.78, 5) is 68.9. The largest absolute Gasteiger partial charge is 0.311 e. The molecule has 0 bridgehead atoms. The average molecular weight is 917 g/mol. The first kappa shape index (κ1) is 43.2. The Morgan fingerprint density at radius 3 is 0.900 bits per heavy atom. The molecule has 2 fully saturated rings. The third-order valence-corrected chi connectivity index (χ3v) is 15.0. The highest BCUT2D eigenvalue weighted by Crippen LogP contribution is 2.49. The Morgan fingerprint density at radius 2 is 0.600 bits per heavy atom. The average Bonchev–Trinajstić information content (AvgIpc) is 3.42. The molecule has 2 saturated carbocycles. The summed E-state index contributed by atoms with van der Waals surface area (Å²) in [5, 5.41) is 0.794. The number of amides is 4. The topological polar surface area (TPSA) is 81.2 Å². The first-order valence-electron chi connectivity index (χ1n) is 24.9. The number of carbonyl (C=O) groups excluding carboxylic acids is 4. The first-order valence-corrected chi connectivity index (χ1v) is 24.9. The minimum Gasteiger partial charge on any atom is -0.311 e. The lowest BCUT2D eigenvalue weighted by Crippen LogP contribution is -2.50. The molecule has 4 aliphatic rings. The fourth-order valence-corrected chi connectivity index (χ4v) is 11.7. The Balaban J connectivity index is 1.07. The third kappa shape index (κ3) is 7.37. The highest BCUT2D eigenvalue weighted by molar-refractivity contribution is 6.36. The summed E-state index contributed by atoms with van der Waals surface area (Å²) in [7, 11) is 0. The molecule has 12 rings (SSSR count). The maximum Gasteiger partial charge on any atom is 0.262 e. The van der Waals surface area contributed by atoms with Gasteiger partial charge in [-0.2, -0.15) is 0 Å². The summed E-state index contributed by atoms with van der Waals surface area (Å²) < 4.78 is 0. The molecule has 0 N–H and O–H groups in total. The Labute approximate surface area is 408 Å². The van der Waals surface area contributed by atoms with E-state index < -0.39 is 0 Å². The molecule has 8 nitrogen and oxygen atoms in total. The van der Waals surface area contributed by atoms with E-state index in [0.717, 1.165) is 109 Å². The van der Waals surface area contributed by atoms with Crippen LogP contribution in [-0.2, 0) is 0 Å². The molecule has 344 valence electrons. The van der Waals surface area contributed by atoms with Crippen molar-refractivity contribution in [1.82, 2.24) is 9.80 Å². The molecule has 0 saturated heterocycles. The summed E-state index contributed by atoms with van der Waals surface area (Å²) in [6.45, 7) is 0. The molecule has 8 aromatic carbocycles. The lowest BCUT2D eigenvalue weighted by molar-refractivity contribution is 0.0481. The lowest BCUT2D eigenvalue weighted by Gasteiger charge is -2.40. The maximum atomic E-state index is 15.5. The fourth-order valence-electron chi connectivity index (χ4n) is 11.7. The summed E-state index contributed by atoms with van der Waals surface area (Å²) in [6, 6.07) is 60.2. The molecular weight excluding hydrogens is 865 g/mol. The van der Waals surface area contributed by atoms with Gasteiger partial charge in [0.25, 0.3) is 23.6 Å². The van der Waals surface area contributed by atoms with Crippen LogP contribution in [0.4, 0.5) is 34.1 Å². The van der Waals surface area contributed by atoms with Crippen LogP contribution in [0.25, 0.3) is 33.0 Å². The number of para-hydroxylation sites is 4. The minimum absolute atomic E-state index is 0.264. The van der Waals surface area contributed by atoms with E-state index in [1.54, 1.807) is 0 Å². The summed E-state index contributed by atoms with van der Waals surface area (Å²) in [6.07, 6.45) is 8.73. The van der Waals surface area contributed by atoms with Crippen molar-refractivity contribution in [2.45, 2.75) is 76.3 Å². The van der Waals surface area contributed by atoms with Crippen molar-refractivity contribution in [3.8, 4) is 22.3 Å². The van der Waals surface area contributed by atoms with E-state index in [1.807, 2.05) is 133 Å². The smallest absolute Gasteiger partial charge is 0.262 e. The second-order valence-corrected chi connectivity index (χ2v) is 19.1. The first-order chi connectivity index (χ1) is 34.4. The van der Waals surface area contributed by atoms with Gasteiger partial charge in [-0.3, -0.25) is 29.0 Å². The van der Waals surface area contributed by atoms with Crippen molar-refractivity contribution in [1.29, 1.82) is 0 Å². The van der Waals surface area contributed by atoms with Crippen molar-refractivity contribution in [3.05, 3.63) is 204 Å². The molecule has 70 heavy (non-hydrogen) atoms. The van der Waals surface area contributed by atoms with Gasteiger partial charge in [-0.05, 0) is 133 Å². The van der Waals surface area contributed by atoms with Crippen molar-refractivity contribution < 1.29 is 19.2 Å². The minimum atomic E-state index is -0.373. The molecule has 0 atom stereocenters. The zero-order chi connectivity index (χ0) is 47.3. The van der Waals surface area contributed by atoms with Crippen LogP contribution in [0, 0.1) is 0 Å². The molecular formula is C62H52N4O4. The second kappa shape index (κ2) is 18.1. The number of nitrogens with zero attached hydrogens (tertiary/aromatic N) is 4. The number of rotatable bonds is 10. The van der Waals surface area contributed by atoms with Crippen molar-refractivity contribution in [2.24, 2.45) is 0 Å². The van der Waals surface area contributed by atoms with Gasteiger partial charge >= 0.3 is 0 Å². The van der Waals surface area contributed by atoms with E-state index in [0.29, 0.717) is 44.2 Å². The highest BCUT2D eigenvalue weighted by Gasteiger charge is 2.46. The second-order valence-electron chi connectivity index (χ2n) is 19.1. The molecule has 0 spiro atoms. The van der Waals surface area contributed by atoms with Crippen LogP contribution in [0.2, 0.25) is 0 Å². The number of hydrogen-bond acceptors (Lipinski definition) is 6. The van der Waals surface area contributed by atoms with Crippen LogP contribution in [0.3, 0.4) is 0 Å². The zero-order valence-corrected chi connectivity index (χ0v) is 39.0. The Morgan fingerprint density at radius 1 is 0.314 bits per heavy atom. The lowest BCUT2D eigenvalue weighted by atomic mass is 9.77. The van der Waals surface area contributed by atoms with Gasteiger partial charge in [0.1, 0.15) is 0 Å². The van der Waals surface area contributed by atoms with Gasteiger partial charge in [-0.15, -0.1) is 0 Å². The Bertz CT molecular complexity index is 2990. The van der Waals surface area contributed by atoms with E-state index in [4.69, 9.17) is 0 Å². The van der Waals surface area contributed by atoms with Gasteiger partial charge in [-0.25, -0.2) is 0 Å². The van der Waals surface area contributed by atoms with Crippen LogP contribution in [-0.4, -0.2) is 45.5 Å². The SMILES string of the molecule is O=C1c2cc(-c3ccc(N(c4ccccc4)c4ccccc4)cc3)c3c4c(cc(-c5ccc(N(c6ccccc6)c6ccccc6)cc5)c(c24)C(=O)N1C1CCCCC1)C(=O)N(C1CCCCC1)C3=O. The standard InChI is InChI=1S/C62H52N4O4/c67-59-53-39-51(41-31-35-49(36-32-41)63(43-19-7-1-8-20-43)44-21-9-2-10-22-44)57-55-54(60(68)65(61(57)69)47-27-15-5-16-28-47)40-52(58(56(53)55)62(70)66(59)48-29-17-6-18-30-48)42-33-37-50(38-34-42)64(45-23-11-3-12-24-45)46-25-13-4-14-26-46/h1-4,7-14,19-26,31-40,47-48H,5-6,15-18,27-30H2. The van der Waals surface area contributed by atoms with E-state index in [2.05, 4.69) is 58.3 Å². The highest BCUT2D eigenvalue weighted by atomic mass is 16.2. The normalized spacial score (nSPS) is 16.2. The molecule has 2 heterocycles. The predicted molar refractivity (Wildman–Crippen MR) is 279 cm³/mol. The van der Waals surface area contributed by atoms with Crippen LogP contribution in [0.5, 0.6) is 0 Å². The summed E-state index contributed by atoms with van der Waals surface area (Å²) in [5.74, 6) is -1.49. The number of carbonyl (C=O) groups is 4. The zero-order valence-electron chi connectivity index (χ0n) is 39.0. The van der Waals surface area contributed by atoms with E-state index >= 15 is 19.2 Å². The number of benzene rings is 8. The summed E-state index contributed by atoms with van der Waals surface area (Å²) in [5.41, 5.74) is 9.88. The molecule has 0 radical (unpaired) electrons. The van der Waals surface area contributed by atoms with Crippen LogP contribution in [0.1, 0.15) is 106 Å². The molecule has 8 heteroatoms. The number of hydrogen-bond donors (Lipinski definition) is 0. The molecule has 0 aromatic heterocycles. The summed E-state index contributed by atoms with van der Waals surface area (Å²) >= 11 is 0. The van der Waals surface area contributed by atoms with Gasteiger partial charge < -0.3 is 9.80 Å². The van der Waals surface area contributed by atoms with Gasteiger partial charge in [0, 0.05) is 68.1 Å². The van der Waals surface area contributed by atoms with Crippen molar-refractivity contribution >= 4 is 68.5 Å². The Kier molecular flexibility index (Phi) is 11.2. The van der Waals surface area contributed by atoms with Crippen LogP contribution in [0.15, 0.2) is 182 Å². The Hall–Kier alpha value is -8.10. The van der Waals surface area contributed by atoms with Crippen LogP contribution < -0.4 is 9.80 Å². The molecule has 4 amide bonds. The molecule has 2 aliphatic carbocycles. The number of anilines is 6. The monoisotopic (exact) mass is 916 g/mol. The fraction of sp³-hybridized carbons (Fsp3) is 0.194. The molecule has 8 aromatic rings. The number of imide groups is 2. The van der Waals surface area contributed by atoms with E-state index in [9.17, 15) is 0 Å². The van der Waals surface area contributed by atoms with Crippen LogP contribution >= 0.6 is 0 Å². The van der Waals surface area contributed by atoms with Gasteiger partial charge in [-0.1, -0.05) is 136 Å². The molecule has 2 aliphatic heterocycles. The van der Waals surface area contributed by atoms with Gasteiger partial charge in [0.15, 0.2) is 0 Å². The quantitative estimate of drug-likeness (QED) is 0.127. The van der Waals surface area contributed by atoms with Crippen molar-refractivity contribution in [3.63, 3.8) is 0 Å². The molecule has 0 unspecified atom stereocenters.